The minimum Gasteiger partial charge on any atom is -0.242 e. The standard InChI is InChI=1S/C13H14F5NS/c1-6(2)4-8-5-9(13(16,17)18)19-11(12(14)15)10(8)7(3)20/h5-6,12H,4H2,1-3H3. The van der Waals surface area contributed by atoms with Gasteiger partial charge in [0.1, 0.15) is 11.4 Å². The first kappa shape index (κ1) is 16.9. The lowest BCUT2D eigenvalue weighted by Gasteiger charge is -2.17. The zero-order chi connectivity index (χ0) is 15.7. The van der Waals surface area contributed by atoms with Crippen LogP contribution in [0.2, 0.25) is 0 Å². The minimum absolute atomic E-state index is 0.0112. The topological polar surface area (TPSA) is 12.9 Å². The summed E-state index contributed by atoms with van der Waals surface area (Å²) in [6.45, 7) is 4.99. The zero-order valence-corrected chi connectivity index (χ0v) is 12.0. The van der Waals surface area contributed by atoms with Gasteiger partial charge in [-0.1, -0.05) is 26.1 Å². The summed E-state index contributed by atoms with van der Waals surface area (Å²) in [7, 11) is 0. The molecule has 0 aliphatic carbocycles. The van der Waals surface area contributed by atoms with Crippen LogP contribution >= 0.6 is 12.2 Å². The van der Waals surface area contributed by atoms with Gasteiger partial charge >= 0.3 is 6.18 Å². The maximum atomic E-state index is 13.0. The molecular weight excluding hydrogens is 297 g/mol. The lowest BCUT2D eigenvalue weighted by molar-refractivity contribution is -0.141. The molecule has 1 aromatic heterocycles. The number of halogens is 5. The smallest absolute Gasteiger partial charge is 0.242 e. The Balaban J connectivity index is 3.59. The van der Waals surface area contributed by atoms with E-state index in [0.717, 1.165) is 6.07 Å². The fourth-order valence-corrected chi connectivity index (χ4v) is 2.17. The molecule has 0 aliphatic rings. The van der Waals surface area contributed by atoms with E-state index in [4.69, 9.17) is 12.2 Å². The minimum atomic E-state index is -4.76. The molecule has 0 fully saturated rings. The van der Waals surface area contributed by atoms with Crippen LogP contribution in [-0.4, -0.2) is 9.85 Å². The van der Waals surface area contributed by atoms with Crippen LogP contribution in [-0.2, 0) is 12.6 Å². The van der Waals surface area contributed by atoms with Crippen molar-refractivity contribution in [3.05, 3.63) is 28.6 Å². The van der Waals surface area contributed by atoms with Gasteiger partial charge in [-0.15, -0.1) is 0 Å². The highest BCUT2D eigenvalue weighted by molar-refractivity contribution is 7.80. The second-order valence-electron chi connectivity index (χ2n) is 4.88. The number of pyridine rings is 1. The third kappa shape index (κ3) is 3.94. The fourth-order valence-electron chi connectivity index (χ4n) is 1.93. The molecule has 0 radical (unpaired) electrons. The normalized spacial score (nSPS) is 12.3. The van der Waals surface area contributed by atoms with E-state index in [-0.39, 0.29) is 28.3 Å². The lowest BCUT2D eigenvalue weighted by atomic mass is 9.94. The number of hydrogen-bond donors (Lipinski definition) is 0. The van der Waals surface area contributed by atoms with Crippen molar-refractivity contribution in [3.8, 4) is 0 Å². The second kappa shape index (κ2) is 6.11. The van der Waals surface area contributed by atoms with E-state index in [2.05, 4.69) is 4.98 Å². The van der Waals surface area contributed by atoms with Crippen LogP contribution in [0.25, 0.3) is 0 Å². The van der Waals surface area contributed by atoms with E-state index >= 15 is 0 Å². The molecule has 0 spiro atoms. The number of rotatable bonds is 4. The zero-order valence-electron chi connectivity index (χ0n) is 11.2. The predicted octanol–water partition coefficient (Wildman–Crippen LogP) is 4.97. The Morgan fingerprint density at radius 3 is 2.20 bits per heavy atom. The van der Waals surface area contributed by atoms with Crippen LogP contribution in [0.5, 0.6) is 0 Å². The number of aromatic nitrogens is 1. The van der Waals surface area contributed by atoms with Gasteiger partial charge in [-0.2, -0.15) is 13.2 Å². The van der Waals surface area contributed by atoms with Gasteiger partial charge in [0.2, 0.25) is 0 Å². The van der Waals surface area contributed by atoms with Gasteiger partial charge < -0.3 is 0 Å². The summed E-state index contributed by atoms with van der Waals surface area (Å²) >= 11 is 4.89. The molecule has 0 saturated heterocycles. The highest BCUT2D eigenvalue weighted by atomic mass is 32.1. The molecule has 7 heteroatoms. The van der Waals surface area contributed by atoms with Crippen molar-refractivity contribution in [2.45, 2.75) is 39.8 Å². The predicted molar refractivity (Wildman–Crippen MR) is 70.1 cm³/mol. The van der Waals surface area contributed by atoms with Gasteiger partial charge in [-0.25, -0.2) is 13.8 Å². The first-order valence-electron chi connectivity index (χ1n) is 5.94. The van der Waals surface area contributed by atoms with Crippen molar-refractivity contribution in [3.63, 3.8) is 0 Å². The van der Waals surface area contributed by atoms with Crippen LogP contribution in [0, 0.1) is 5.92 Å². The highest BCUT2D eigenvalue weighted by Gasteiger charge is 2.35. The summed E-state index contributed by atoms with van der Waals surface area (Å²) in [6, 6.07) is 0.816. The number of thiocarbonyl (C=S) groups is 1. The van der Waals surface area contributed by atoms with Crippen LogP contribution in [0.3, 0.4) is 0 Å². The quantitative estimate of drug-likeness (QED) is 0.442. The van der Waals surface area contributed by atoms with E-state index in [1.165, 1.54) is 6.92 Å². The van der Waals surface area contributed by atoms with Crippen molar-refractivity contribution >= 4 is 17.1 Å². The van der Waals surface area contributed by atoms with Crippen LogP contribution in [0.15, 0.2) is 6.07 Å². The SMILES string of the molecule is CC(=S)c1c(CC(C)C)cc(C(F)(F)F)nc1C(F)F. The van der Waals surface area contributed by atoms with E-state index < -0.39 is 24.0 Å². The molecule has 0 atom stereocenters. The molecular formula is C13H14F5NS. The van der Waals surface area contributed by atoms with E-state index in [1.807, 2.05) is 0 Å². The molecule has 1 rings (SSSR count). The van der Waals surface area contributed by atoms with Gasteiger partial charge in [0.05, 0.1) is 0 Å². The van der Waals surface area contributed by atoms with Gasteiger partial charge in [-0.05, 0) is 30.9 Å². The summed E-state index contributed by atoms with van der Waals surface area (Å²) in [5, 5.41) is 0. The molecule has 20 heavy (non-hydrogen) atoms. The molecule has 0 unspecified atom stereocenters. The Bertz CT molecular complexity index is 508. The maximum absolute atomic E-state index is 13.0. The molecule has 0 saturated carbocycles. The number of hydrogen-bond acceptors (Lipinski definition) is 2. The largest absolute Gasteiger partial charge is 0.433 e. The molecule has 0 bridgehead atoms. The Labute approximate surface area is 119 Å². The Morgan fingerprint density at radius 2 is 1.85 bits per heavy atom. The second-order valence-corrected chi connectivity index (χ2v) is 5.49. The fraction of sp³-hybridized carbons (Fsp3) is 0.538. The van der Waals surface area contributed by atoms with Crippen LogP contribution in [0.4, 0.5) is 22.0 Å². The molecule has 1 heterocycles. The van der Waals surface area contributed by atoms with Crippen LogP contribution < -0.4 is 0 Å². The first-order chi connectivity index (χ1) is 9.04. The Hall–Kier alpha value is -1.11. The van der Waals surface area contributed by atoms with Gasteiger partial charge in [0.15, 0.2) is 0 Å². The molecule has 0 amide bonds. The van der Waals surface area contributed by atoms with Crippen molar-refractivity contribution in [2.24, 2.45) is 5.92 Å². The molecule has 1 nitrogen and oxygen atoms in total. The monoisotopic (exact) mass is 311 g/mol. The summed E-state index contributed by atoms with van der Waals surface area (Å²) in [6.07, 6.45) is -7.63. The maximum Gasteiger partial charge on any atom is 0.433 e. The summed E-state index contributed by atoms with van der Waals surface area (Å²) < 4.78 is 64.2. The molecule has 0 aromatic carbocycles. The third-order valence-corrected chi connectivity index (χ3v) is 2.81. The van der Waals surface area contributed by atoms with Crippen molar-refractivity contribution in [1.82, 2.24) is 4.98 Å². The molecule has 1 aromatic rings. The number of alkyl halides is 5. The van der Waals surface area contributed by atoms with E-state index in [0.29, 0.717) is 0 Å². The average Bonchev–Trinajstić information content (AvgIpc) is 2.25. The van der Waals surface area contributed by atoms with Gasteiger partial charge in [0.25, 0.3) is 6.43 Å². The first-order valence-corrected chi connectivity index (χ1v) is 6.35. The third-order valence-electron chi connectivity index (χ3n) is 2.61. The van der Waals surface area contributed by atoms with Crippen molar-refractivity contribution in [1.29, 1.82) is 0 Å². The molecule has 0 aliphatic heterocycles. The van der Waals surface area contributed by atoms with Crippen molar-refractivity contribution in [2.75, 3.05) is 0 Å². The molecule has 0 N–H and O–H groups in total. The number of nitrogens with zero attached hydrogens (tertiary/aromatic N) is 1. The summed E-state index contributed by atoms with van der Waals surface area (Å²) in [4.78, 5) is 3.19. The Kier molecular flexibility index (Phi) is 5.18. The van der Waals surface area contributed by atoms with Gasteiger partial charge in [0, 0.05) is 10.4 Å². The van der Waals surface area contributed by atoms with E-state index in [9.17, 15) is 22.0 Å². The Morgan fingerprint density at radius 1 is 1.30 bits per heavy atom. The average molecular weight is 311 g/mol. The highest BCUT2D eigenvalue weighted by Crippen LogP contribution is 2.34. The molecule has 112 valence electrons. The summed E-state index contributed by atoms with van der Waals surface area (Å²) in [5.41, 5.74) is -2.05. The van der Waals surface area contributed by atoms with Crippen molar-refractivity contribution < 1.29 is 22.0 Å². The van der Waals surface area contributed by atoms with Gasteiger partial charge in [-0.3, -0.25) is 0 Å². The van der Waals surface area contributed by atoms with Crippen LogP contribution in [0.1, 0.15) is 49.7 Å². The summed E-state index contributed by atoms with van der Waals surface area (Å²) in [5.74, 6) is 0.0112. The lowest BCUT2D eigenvalue weighted by Crippen LogP contribution is -2.16. The van der Waals surface area contributed by atoms with E-state index in [1.54, 1.807) is 13.8 Å².